The number of ketones is 1. The summed E-state index contributed by atoms with van der Waals surface area (Å²) in [6, 6.07) is 16.5. The van der Waals surface area contributed by atoms with Gasteiger partial charge >= 0.3 is 0 Å². The molecule has 0 aliphatic carbocycles. The van der Waals surface area contributed by atoms with Crippen LogP contribution in [0.1, 0.15) is 15.9 Å². The molecule has 2 fully saturated rings. The third-order valence-corrected chi connectivity index (χ3v) is 7.82. The Bertz CT molecular complexity index is 1450. The van der Waals surface area contributed by atoms with Crippen molar-refractivity contribution < 1.29 is 23.5 Å². The van der Waals surface area contributed by atoms with Gasteiger partial charge in [-0.05, 0) is 70.0 Å². The third-order valence-electron chi connectivity index (χ3n) is 7.20. The smallest absolute Gasteiger partial charge is 0.240 e. The van der Waals surface area contributed by atoms with Crippen molar-refractivity contribution in [3.05, 3.63) is 94.2 Å². The number of carbonyl (C=O) groups is 3. The normalized spacial score (nSPS) is 24.0. The van der Waals surface area contributed by atoms with Gasteiger partial charge in [-0.1, -0.05) is 30.4 Å². The zero-order valence-electron chi connectivity index (χ0n) is 19.1. The van der Waals surface area contributed by atoms with Crippen molar-refractivity contribution in [2.75, 3.05) is 16.9 Å². The van der Waals surface area contributed by atoms with Gasteiger partial charge in [0.15, 0.2) is 5.78 Å². The van der Waals surface area contributed by atoms with E-state index in [4.69, 9.17) is 4.74 Å². The zero-order valence-corrected chi connectivity index (χ0v) is 20.7. The van der Waals surface area contributed by atoms with E-state index >= 15 is 0 Å². The second-order valence-corrected chi connectivity index (χ2v) is 9.87. The third kappa shape index (κ3) is 3.24. The minimum Gasteiger partial charge on any atom is -0.496 e. The average molecular weight is 547 g/mol. The number of benzene rings is 3. The number of fused-ring (bicyclic) bond motifs is 5. The number of para-hydroxylation sites is 1. The molecule has 3 aromatic rings. The number of nitrogens with zero attached hydrogens (tertiary/aromatic N) is 2. The summed E-state index contributed by atoms with van der Waals surface area (Å²) in [6.45, 7) is 0. The van der Waals surface area contributed by atoms with E-state index < -0.39 is 35.6 Å². The molecule has 0 saturated carbocycles. The van der Waals surface area contributed by atoms with Crippen molar-refractivity contribution in [1.82, 2.24) is 0 Å². The molecule has 180 valence electrons. The number of Topliss-reactive ketones (excluding diaryl/α,β-unsaturated/α-hetero) is 1. The molecule has 36 heavy (non-hydrogen) atoms. The van der Waals surface area contributed by atoms with Gasteiger partial charge in [0.1, 0.15) is 17.6 Å². The van der Waals surface area contributed by atoms with Gasteiger partial charge in [0.05, 0.1) is 35.1 Å². The number of hydrogen-bond acceptors (Lipinski definition) is 5. The van der Waals surface area contributed by atoms with Crippen LogP contribution in [0.3, 0.4) is 0 Å². The van der Waals surface area contributed by atoms with Gasteiger partial charge in [0, 0.05) is 11.3 Å². The Labute approximate surface area is 215 Å². The van der Waals surface area contributed by atoms with Crippen LogP contribution in [0.15, 0.2) is 77.3 Å². The fraction of sp³-hybridized carbons (Fsp3) is 0.179. The van der Waals surface area contributed by atoms with E-state index in [1.54, 1.807) is 18.2 Å². The molecule has 6 rings (SSSR count). The Balaban J connectivity index is 1.48. The van der Waals surface area contributed by atoms with Crippen molar-refractivity contribution >= 4 is 51.0 Å². The van der Waals surface area contributed by atoms with Crippen LogP contribution in [0.25, 0.3) is 6.08 Å². The summed E-state index contributed by atoms with van der Waals surface area (Å²) in [5.74, 6) is -2.63. The SMILES string of the molecule is COc1ccc(C(=O)[C@@H]2[C@H]3C(=O)N(c4ccc(F)cc4)C(=O)[C@@H]3[C@H]3C=Cc4ccccc4N32)cc1Br. The molecule has 0 radical (unpaired) electrons. The van der Waals surface area contributed by atoms with Gasteiger partial charge < -0.3 is 9.64 Å². The molecule has 3 aromatic carbocycles. The summed E-state index contributed by atoms with van der Waals surface area (Å²) in [4.78, 5) is 44.6. The lowest BCUT2D eigenvalue weighted by atomic mass is 9.86. The molecule has 0 N–H and O–H groups in total. The van der Waals surface area contributed by atoms with Gasteiger partial charge in [-0.2, -0.15) is 0 Å². The number of anilines is 2. The zero-order chi connectivity index (χ0) is 25.1. The van der Waals surface area contributed by atoms with Crippen LogP contribution in [0.2, 0.25) is 0 Å². The number of carbonyl (C=O) groups excluding carboxylic acids is 3. The summed E-state index contributed by atoms with van der Waals surface area (Å²) in [6.07, 6.45) is 3.83. The molecular weight excluding hydrogens is 527 g/mol. The van der Waals surface area contributed by atoms with Crippen molar-refractivity contribution in [1.29, 1.82) is 0 Å². The quantitative estimate of drug-likeness (QED) is 0.345. The highest BCUT2D eigenvalue weighted by Crippen LogP contribution is 2.50. The van der Waals surface area contributed by atoms with Crippen molar-refractivity contribution in [3.8, 4) is 5.75 Å². The molecule has 4 atom stereocenters. The first-order valence-corrected chi connectivity index (χ1v) is 12.3. The second-order valence-electron chi connectivity index (χ2n) is 9.01. The monoisotopic (exact) mass is 546 g/mol. The van der Waals surface area contributed by atoms with E-state index in [-0.39, 0.29) is 11.7 Å². The van der Waals surface area contributed by atoms with Crippen molar-refractivity contribution in [2.45, 2.75) is 12.1 Å². The fourth-order valence-electron chi connectivity index (χ4n) is 5.65. The maximum absolute atomic E-state index is 14.1. The average Bonchev–Trinajstić information content (AvgIpc) is 3.37. The first-order chi connectivity index (χ1) is 17.4. The molecule has 6 nitrogen and oxygen atoms in total. The summed E-state index contributed by atoms with van der Waals surface area (Å²) >= 11 is 3.44. The lowest BCUT2D eigenvalue weighted by Gasteiger charge is -2.36. The molecule has 2 saturated heterocycles. The van der Waals surface area contributed by atoms with Crippen LogP contribution in [0.5, 0.6) is 5.75 Å². The number of ether oxygens (including phenoxy) is 1. The number of hydrogen-bond donors (Lipinski definition) is 0. The maximum Gasteiger partial charge on any atom is 0.240 e. The molecule has 8 heteroatoms. The van der Waals surface area contributed by atoms with E-state index in [9.17, 15) is 18.8 Å². The van der Waals surface area contributed by atoms with Crippen molar-refractivity contribution in [2.24, 2.45) is 11.8 Å². The minimum absolute atomic E-state index is 0.261. The van der Waals surface area contributed by atoms with Gasteiger partial charge in [0.25, 0.3) is 0 Å². The van der Waals surface area contributed by atoms with E-state index in [0.29, 0.717) is 21.5 Å². The Morgan fingerprint density at radius 1 is 0.972 bits per heavy atom. The fourth-order valence-corrected chi connectivity index (χ4v) is 6.19. The van der Waals surface area contributed by atoms with E-state index in [2.05, 4.69) is 15.9 Å². The van der Waals surface area contributed by atoms with Crippen molar-refractivity contribution in [3.63, 3.8) is 0 Å². The second kappa shape index (κ2) is 8.41. The van der Waals surface area contributed by atoms with E-state index in [1.807, 2.05) is 41.3 Å². The Kier molecular flexibility index (Phi) is 5.30. The molecule has 0 unspecified atom stereocenters. The predicted octanol–water partition coefficient (Wildman–Crippen LogP) is 4.87. The Morgan fingerprint density at radius 2 is 1.69 bits per heavy atom. The first-order valence-electron chi connectivity index (χ1n) is 11.5. The topological polar surface area (TPSA) is 66.9 Å². The maximum atomic E-state index is 14.1. The van der Waals surface area contributed by atoms with Crippen LogP contribution in [0.4, 0.5) is 15.8 Å². The summed E-state index contributed by atoms with van der Waals surface area (Å²) in [5, 5.41) is 0. The van der Waals surface area contributed by atoms with Crippen LogP contribution in [-0.4, -0.2) is 36.8 Å². The predicted molar refractivity (Wildman–Crippen MR) is 136 cm³/mol. The number of halogens is 2. The molecule has 0 spiro atoms. The lowest BCUT2D eigenvalue weighted by molar-refractivity contribution is -0.122. The van der Waals surface area contributed by atoms with E-state index in [0.717, 1.165) is 16.2 Å². The minimum atomic E-state index is -0.895. The van der Waals surface area contributed by atoms with E-state index in [1.165, 1.54) is 31.4 Å². The molecule has 3 aliphatic heterocycles. The first kappa shape index (κ1) is 22.7. The highest BCUT2D eigenvalue weighted by Gasteiger charge is 2.64. The largest absolute Gasteiger partial charge is 0.496 e. The van der Waals surface area contributed by atoms with Crippen LogP contribution >= 0.6 is 15.9 Å². The van der Waals surface area contributed by atoms with Gasteiger partial charge in [-0.3, -0.25) is 14.4 Å². The Morgan fingerprint density at radius 3 is 2.42 bits per heavy atom. The van der Waals surface area contributed by atoms with Gasteiger partial charge in [0.2, 0.25) is 11.8 Å². The van der Waals surface area contributed by atoms with Gasteiger partial charge in [-0.15, -0.1) is 0 Å². The van der Waals surface area contributed by atoms with Crippen LogP contribution in [0, 0.1) is 17.7 Å². The summed E-state index contributed by atoms with van der Waals surface area (Å²) in [5.41, 5.74) is 2.42. The number of amides is 2. The highest BCUT2D eigenvalue weighted by atomic mass is 79.9. The number of imide groups is 1. The van der Waals surface area contributed by atoms with Crippen LogP contribution < -0.4 is 14.5 Å². The molecular formula is C28H20BrFN2O4. The lowest BCUT2D eigenvalue weighted by Crippen LogP contribution is -2.48. The van der Waals surface area contributed by atoms with Crippen LogP contribution in [-0.2, 0) is 9.59 Å². The highest BCUT2D eigenvalue weighted by molar-refractivity contribution is 9.10. The molecule has 3 aliphatic rings. The molecule has 0 bridgehead atoms. The molecule has 2 amide bonds. The number of methoxy groups -OCH3 is 1. The molecule has 0 aromatic heterocycles. The summed E-state index contributed by atoms with van der Waals surface area (Å²) < 4.78 is 19.5. The molecule has 3 heterocycles. The summed E-state index contributed by atoms with van der Waals surface area (Å²) in [7, 11) is 1.54. The number of rotatable bonds is 4. The Hall–Kier alpha value is -3.78. The van der Waals surface area contributed by atoms with Gasteiger partial charge in [-0.25, -0.2) is 9.29 Å². The standard InChI is InChI=1S/C28H20BrFN2O4/c1-36-22-13-7-16(14-19(22)29)26(33)25-24-23(21-12-6-15-4-2-3-5-20(15)32(21)25)27(34)31(28(24)35)18-10-8-17(30)9-11-18/h2-14,21,23-25H,1H3/t21-,23-,24+,25+/m1/s1.